The van der Waals surface area contributed by atoms with Gasteiger partial charge in [0.15, 0.2) is 11.6 Å². The van der Waals surface area contributed by atoms with Gasteiger partial charge in [-0.2, -0.15) is 9.97 Å². The summed E-state index contributed by atoms with van der Waals surface area (Å²) < 4.78 is 8.57. The van der Waals surface area contributed by atoms with Crippen molar-refractivity contribution in [1.29, 1.82) is 0 Å². The van der Waals surface area contributed by atoms with Crippen LogP contribution in [0, 0.1) is 0 Å². The fourth-order valence-electron chi connectivity index (χ4n) is 9.09. The van der Waals surface area contributed by atoms with Gasteiger partial charge in [-0.05, 0) is 65.4 Å². The van der Waals surface area contributed by atoms with Gasteiger partial charge < -0.3 is 4.42 Å². The van der Waals surface area contributed by atoms with Gasteiger partial charge in [-0.25, -0.2) is 4.98 Å². The van der Waals surface area contributed by atoms with E-state index in [0.717, 1.165) is 44.1 Å². The standard InChI is InChI=1S/C45H32N4O/c1-3-14-28(15-4-1)42-46-43(32-19-13-23-40-41(32)31-18-7-10-22-39(31)50-40)48-44(47-42)49-37-21-9-6-17-30(37)34-26-33-29-16-5-8-20-35(29)45(24-11-2-12-25-45)36(33)27-38(34)49/h1,3-10,13-23,26-27H,2,11-12,24-25H2. The number of fused-ring (bicyclic) bond motifs is 11. The molecule has 3 heterocycles. The van der Waals surface area contributed by atoms with E-state index in [1.807, 2.05) is 42.5 Å². The SMILES string of the molecule is c1ccc(-c2nc(-c3cccc4oc5ccccc5c34)nc(-n3c4ccccc4c4cc5c(cc43)C3(CCCCC3)c3ccccc3-5)n2)cc1. The van der Waals surface area contributed by atoms with Gasteiger partial charge in [0.2, 0.25) is 5.95 Å². The molecule has 1 spiro atoms. The number of hydrogen-bond acceptors (Lipinski definition) is 4. The highest BCUT2D eigenvalue weighted by atomic mass is 16.3. The largest absolute Gasteiger partial charge is 0.456 e. The Kier molecular flexibility index (Phi) is 5.83. The molecule has 0 N–H and O–H groups in total. The molecule has 2 aliphatic rings. The molecular formula is C45H32N4O. The van der Waals surface area contributed by atoms with Gasteiger partial charge in [-0.1, -0.05) is 122 Å². The molecule has 6 aromatic carbocycles. The Morgan fingerprint density at radius 3 is 2.12 bits per heavy atom. The minimum atomic E-state index is 0.0388. The molecule has 0 aliphatic heterocycles. The molecule has 11 rings (SSSR count). The van der Waals surface area contributed by atoms with Crippen LogP contribution in [0.3, 0.4) is 0 Å². The van der Waals surface area contributed by atoms with Crippen molar-refractivity contribution < 1.29 is 4.42 Å². The first-order valence-electron chi connectivity index (χ1n) is 17.7. The topological polar surface area (TPSA) is 56.7 Å². The summed E-state index contributed by atoms with van der Waals surface area (Å²) in [7, 11) is 0. The number of aromatic nitrogens is 4. The van der Waals surface area contributed by atoms with Crippen molar-refractivity contribution in [2.45, 2.75) is 37.5 Å². The van der Waals surface area contributed by atoms with Crippen LogP contribution in [0.4, 0.5) is 0 Å². The highest BCUT2D eigenvalue weighted by molar-refractivity contribution is 6.13. The van der Waals surface area contributed by atoms with E-state index in [9.17, 15) is 0 Å². The van der Waals surface area contributed by atoms with Crippen LogP contribution in [-0.4, -0.2) is 19.5 Å². The van der Waals surface area contributed by atoms with Crippen molar-refractivity contribution in [3.63, 3.8) is 0 Å². The molecule has 0 atom stereocenters. The fourth-order valence-corrected chi connectivity index (χ4v) is 9.09. The van der Waals surface area contributed by atoms with Crippen LogP contribution in [0.15, 0.2) is 138 Å². The van der Waals surface area contributed by atoms with E-state index in [4.69, 9.17) is 19.4 Å². The smallest absolute Gasteiger partial charge is 0.238 e. The minimum absolute atomic E-state index is 0.0388. The molecule has 0 unspecified atom stereocenters. The van der Waals surface area contributed by atoms with Gasteiger partial charge in [0.25, 0.3) is 0 Å². The lowest BCUT2D eigenvalue weighted by Gasteiger charge is -2.36. The summed E-state index contributed by atoms with van der Waals surface area (Å²) in [6.45, 7) is 0. The quantitative estimate of drug-likeness (QED) is 0.192. The Morgan fingerprint density at radius 1 is 0.500 bits per heavy atom. The second-order valence-electron chi connectivity index (χ2n) is 13.9. The zero-order valence-electron chi connectivity index (χ0n) is 27.4. The van der Waals surface area contributed by atoms with E-state index in [0.29, 0.717) is 17.6 Å². The summed E-state index contributed by atoms with van der Waals surface area (Å²) in [5, 5.41) is 4.47. The molecule has 3 aromatic heterocycles. The van der Waals surface area contributed by atoms with E-state index in [1.165, 1.54) is 65.1 Å². The van der Waals surface area contributed by atoms with E-state index < -0.39 is 0 Å². The van der Waals surface area contributed by atoms with Gasteiger partial charge >= 0.3 is 0 Å². The van der Waals surface area contributed by atoms with Crippen molar-refractivity contribution >= 4 is 43.7 Å². The number of rotatable bonds is 3. The molecule has 5 nitrogen and oxygen atoms in total. The Balaban J connectivity index is 1.23. The molecular weight excluding hydrogens is 613 g/mol. The molecule has 50 heavy (non-hydrogen) atoms. The highest BCUT2D eigenvalue weighted by Gasteiger charge is 2.44. The third-order valence-corrected chi connectivity index (χ3v) is 11.3. The Morgan fingerprint density at radius 2 is 1.22 bits per heavy atom. The summed E-state index contributed by atoms with van der Waals surface area (Å²) in [5.74, 6) is 1.87. The Hall–Kier alpha value is -6.07. The molecule has 0 bridgehead atoms. The second-order valence-corrected chi connectivity index (χ2v) is 13.9. The van der Waals surface area contributed by atoms with Crippen LogP contribution in [0.25, 0.3) is 83.6 Å². The number of hydrogen-bond donors (Lipinski definition) is 0. The monoisotopic (exact) mass is 644 g/mol. The number of para-hydroxylation sites is 2. The zero-order chi connectivity index (χ0) is 32.8. The van der Waals surface area contributed by atoms with E-state index in [-0.39, 0.29) is 5.41 Å². The molecule has 238 valence electrons. The summed E-state index contributed by atoms with van der Waals surface area (Å²) in [5.41, 5.74) is 11.5. The summed E-state index contributed by atoms with van der Waals surface area (Å²) >= 11 is 0. The molecule has 0 saturated heterocycles. The summed E-state index contributed by atoms with van der Waals surface area (Å²) in [4.78, 5) is 15.8. The van der Waals surface area contributed by atoms with E-state index in [1.54, 1.807) is 0 Å². The average Bonchev–Trinajstić information content (AvgIpc) is 3.81. The summed E-state index contributed by atoms with van der Waals surface area (Å²) in [6.07, 6.45) is 6.16. The van der Waals surface area contributed by atoms with Gasteiger partial charge in [-0.15, -0.1) is 0 Å². The lowest BCUT2D eigenvalue weighted by Crippen LogP contribution is -2.28. The highest BCUT2D eigenvalue weighted by Crippen LogP contribution is 2.57. The first-order chi connectivity index (χ1) is 24.8. The molecule has 5 heteroatoms. The molecule has 2 aliphatic carbocycles. The first kappa shape index (κ1) is 27.8. The predicted octanol–water partition coefficient (Wildman–Crippen LogP) is 11.4. The maximum Gasteiger partial charge on any atom is 0.238 e. The molecule has 9 aromatic rings. The third-order valence-electron chi connectivity index (χ3n) is 11.3. The van der Waals surface area contributed by atoms with Crippen LogP contribution in [-0.2, 0) is 5.41 Å². The van der Waals surface area contributed by atoms with E-state index in [2.05, 4.69) is 95.6 Å². The van der Waals surface area contributed by atoms with Crippen LogP contribution in [0.2, 0.25) is 0 Å². The molecule has 0 radical (unpaired) electrons. The lowest BCUT2D eigenvalue weighted by molar-refractivity contribution is 0.353. The fraction of sp³-hybridized carbons (Fsp3) is 0.133. The Bertz CT molecular complexity index is 2800. The molecule has 1 saturated carbocycles. The number of benzene rings is 6. The maximum absolute atomic E-state index is 6.29. The lowest BCUT2D eigenvalue weighted by atomic mass is 9.68. The van der Waals surface area contributed by atoms with Crippen molar-refractivity contribution in [3.05, 3.63) is 145 Å². The van der Waals surface area contributed by atoms with Crippen molar-refractivity contribution in [3.8, 4) is 39.9 Å². The van der Waals surface area contributed by atoms with Crippen molar-refractivity contribution in [2.24, 2.45) is 0 Å². The van der Waals surface area contributed by atoms with Crippen molar-refractivity contribution in [1.82, 2.24) is 19.5 Å². The van der Waals surface area contributed by atoms with Gasteiger partial charge in [0.1, 0.15) is 11.2 Å². The van der Waals surface area contributed by atoms with Gasteiger partial charge in [0, 0.05) is 38.1 Å². The third kappa shape index (κ3) is 3.86. The van der Waals surface area contributed by atoms with Gasteiger partial charge in [0.05, 0.1) is 11.0 Å². The second kappa shape index (κ2) is 10.5. The van der Waals surface area contributed by atoms with Crippen LogP contribution < -0.4 is 0 Å². The number of nitrogens with zero attached hydrogens (tertiary/aromatic N) is 4. The summed E-state index contributed by atoms with van der Waals surface area (Å²) in [6, 6.07) is 47.3. The number of furan rings is 1. The maximum atomic E-state index is 6.29. The Labute approximate surface area is 288 Å². The predicted molar refractivity (Wildman–Crippen MR) is 202 cm³/mol. The van der Waals surface area contributed by atoms with Crippen LogP contribution >= 0.6 is 0 Å². The normalized spacial score (nSPS) is 15.0. The molecule has 1 fully saturated rings. The van der Waals surface area contributed by atoms with Crippen molar-refractivity contribution in [2.75, 3.05) is 0 Å². The zero-order valence-corrected chi connectivity index (χ0v) is 27.4. The average molecular weight is 645 g/mol. The minimum Gasteiger partial charge on any atom is -0.456 e. The van der Waals surface area contributed by atoms with Gasteiger partial charge in [-0.3, -0.25) is 4.57 Å². The van der Waals surface area contributed by atoms with E-state index >= 15 is 0 Å². The van der Waals surface area contributed by atoms with Crippen LogP contribution in [0.1, 0.15) is 43.2 Å². The molecule has 0 amide bonds. The first-order valence-corrected chi connectivity index (χ1v) is 17.7. The van der Waals surface area contributed by atoms with Crippen LogP contribution in [0.5, 0.6) is 0 Å².